The van der Waals surface area contributed by atoms with Crippen molar-refractivity contribution in [3.8, 4) is 5.75 Å². The first kappa shape index (κ1) is 6.34. The summed E-state index contributed by atoms with van der Waals surface area (Å²) in [5.74, 6) is 0.228. The van der Waals surface area contributed by atoms with Gasteiger partial charge >= 0.3 is 0 Å². The van der Waals surface area contributed by atoms with Crippen molar-refractivity contribution in [3.05, 3.63) is 23.5 Å². The molecule has 56 valence electrons. The molecule has 11 heavy (non-hydrogen) atoms. The number of hydrogen-bond acceptors (Lipinski definition) is 3. The summed E-state index contributed by atoms with van der Waals surface area (Å²) in [6, 6.07) is 0. The van der Waals surface area contributed by atoms with E-state index < -0.39 is 0 Å². The molecule has 0 fully saturated rings. The van der Waals surface area contributed by atoms with Crippen LogP contribution in [0.5, 0.6) is 5.75 Å². The van der Waals surface area contributed by atoms with E-state index in [0.717, 1.165) is 24.1 Å². The molecule has 3 nitrogen and oxygen atoms in total. The summed E-state index contributed by atoms with van der Waals surface area (Å²) in [4.78, 5) is 7.95. The first-order valence-electron chi connectivity index (χ1n) is 3.53. The molecular weight excluding hydrogens is 140 g/mol. The molecule has 3 heteroatoms. The molecule has 2 heterocycles. The molecule has 1 aromatic heterocycles. The van der Waals surface area contributed by atoms with E-state index >= 15 is 0 Å². The fourth-order valence-electron chi connectivity index (χ4n) is 1.19. The molecule has 0 radical (unpaired) electrons. The van der Waals surface area contributed by atoms with Crippen LogP contribution in [0.4, 0.5) is 0 Å². The molecule has 0 saturated heterocycles. The van der Waals surface area contributed by atoms with Gasteiger partial charge in [-0.1, -0.05) is 0 Å². The second-order valence-corrected chi connectivity index (χ2v) is 2.52. The van der Waals surface area contributed by atoms with Crippen LogP contribution in [-0.2, 0) is 6.42 Å². The molecule has 1 N–H and O–H groups in total. The van der Waals surface area contributed by atoms with Crippen LogP contribution < -0.4 is 0 Å². The van der Waals surface area contributed by atoms with Crippen molar-refractivity contribution in [1.82, 2.24) is 4.98 Å². The lowest BCUT2D eigenvalue weighted by Gasteiger charge is -2.09. The van der Waals surface area contributed by atoms with E-state index in [0.29, 0.717) is 0 Å². The minimum Gasteiger partial charge on any atom is -0.506 e. The zero-order valence-electron chi connectivity index (χ0n) is 5.99. The van der Waals surface area contributed by atoms with Crippen molar-refractivity contribution in [1.29, 1.82) is 0 Å². The van der Waals surface area contributed by atoms with E-state index in [4.69, 9.17) is 0 Å². The van der Waals surface area contributed by atoms with Gasteiger partial charge in [-0.3, -0.25) is 9.98 Å². The fourth-order valence-corrected chi connectivity index (χ4v) is 1.19. The van der Waals surface area contributed by atoms with Crippen LogP contribution in [0.1, 0.15) is 11.1 Å². The first-order chi connectivity index (χ1) is 5.38. The Balaban J connectivity index is 2.60. The summed E-state index contributed by atoms with van der Waals surface area (Å²) in [5, 5.41) is 9.30. The fraction of sp³-hybridized carbons (Fsp3) is 0.250. The Kier molecular flexibility index (Phi) is 1.35. The Hall–Kier alpha value is -1.38. The molecule has 1 aliphatic rings. The zero-order chi connectivity index (χ0) is 7.68. The Morgan fingerprint density at radius 3 is 3.09 bits per heavy atom. The normalized spacial score (nSPS) is 14.5. The topological polar surface area (TPSA) is 45.5 Å². The van der Waals surface area contributed by atoms with Gasteiger partial charge in [-0.05, 0) is 12.0 Å². The van der Waals surface area contributed by atoms with Crippen LogP contribution in [-0.4, -0.2) is 22.8 Å². The van der Waals surface area contributed by atoms with Crippen molar-refractivity contribution < 1.29 is 5.11 Å². The van der Waals surface area contributed by atoms with Gasteiger partial charge in [0.1, 0.15) is 5.75 Å². The first-order valence-corrected chi connectivity index (χ1v) is 3.53. The van der Waals surface area contributed by atoms with Crippen molar-refractivity contribution in [2.75, 3.05) is 6.54 Å². The van der Waals surface area contributed by atoms with E-state index in [1.807, 2.05) is 0 Å². The van der Waals surface area contributed by atoms with Gasteiger partial charge in [0.2, 0.25) is 0 Å². The number of rotatable bonds is 0. The van der Waals surface area contributed by atoms with Crippen LogP contribution in [0.25, 0.3) is 0 Å². The van der Waals surface area contributed by atoms with Gasteiger partial charge in [-0.2, -0.15) is 0 Å². The number of nitrogens with zero attached hydrogens (tertiary/aromatic N) is 2. The van der Waals surface area contributed by atoms with Gasteiger partial charge in [-0.25, -0.2) is 0 Å². The van der Waals surface area contributed by atoms with Gasteiger partial charge in [0.25, 0.3) is 0 Å². The quantitative estimate of drug-likeness (QED) is 0.590. The van der Waals surface area contributed by atoms with Crippen LogP contribution in [0.15, 0.2) is 17.4 Å². The zero-order valence-corrected chi connectivity index (χ0v) is 5.99. The Labute approximate surface area is 64.4 Å². The van der Waals surface area contributed by atoms with E-state index in [-0.39, 0.29) is 5.75 Å². The van der Waals surface area contributed by atoms with Gasteiger partial charge < -0.3 is 5.11 Å². The molecule has 1 aliphatic heterocycles. The van der Waals surface area contributed by atoms with E-state index in [1.54, 1.807) is 12.4 Å². The van der Waals surface area contributed by atoms with Crippen molar-refractivity contribution in [3.63, 3.8) is 0 Å². The Morgan fingerprint density at radius 2 is 2.27 bits per heavy atom. The minimum atomic E-state index is 0.228. The van der Waals surface area contributed by atoms with Crippen LogP contribution >= 0.6 is 0 Å². The lowest BCUT2D eigenvalue weighted by molar-refractivity contribution is 0.470. The second kappa shape index (κ2) is 2.34. The lowest BCUT2D eigenvalue weighted by atomic mass is 10.1. The number of hydrogen-bond donors (Lipinski definition) is 1. The highest BCUT2D eigenvalue weighted by Crippen LogP contribution is 2.19. The maximum atomic E-state index is 9.30. The number of pyridine rings is 1. The Bertz CT molecular complexity index is 307. The van der Waals surface area contributed by atoms with Crippen molar-refractivity contribution >= 4 is 6.21 Å². The van der Waals surface area contributed by atoms with Gasteiger partial charge in [0.15, 0.2) is 0 Å². The molecule has 2 rings (SSSR count). The number of aromatic nitrogens is 1. The van der Waals surface area contributed by atoms with Crippen molar-refractivity contribution in [2.24, 2.45) is 4.99 Å². The number of fused-ring (bicyclic) bond motifs is 1. The predicted octanol–water partition coefficient (Wildman–Crippen LogP) is 0.762. The van der Waals surface area contributed by atoms with Crippen LogP contribution in [0.2, 0.25) is 0 Å². The molecule has 0 saturated carbocycles. The second-order valence-electron chi connectivity index (χ2n) is 2.52. The van der Waals surface area contributed by atoms with E-state index in [1.165, 1.54) is 6.20 Å². The maximum absolute atomic E-state index is 9.30. The molecule has 0 aliphatic carbocycles. The predicted molar refractivity (Wildman–Crippen MR) is 42.1 cm³/mol. The summed E-state index contributed by atoms with van der Waals surface area (Å²) >= 11 is 0. The summed E-state index contributed by atoms with van der Waals surface area (Å²) in [5.41, 5.74) is 1.91. The molecule has 0 unspecified atom stereocenters. The van der Waals surface area contributed by atoms with Gasteiger partial charge in [0, 0.05) is 24.5 Å². The summed E-state index contributed by atoms with van der Waals surface area (Å²) in [7, 11) is 0. The van der Waals surface area contributed by atoms with Crippen molar-refractivity contribution in [2.45, 2.75) is 6.42 Å². The highest BCUT2D eigenvalue weighted by Gasteiger charge is 2.08. The van der Waals surface area contributed by atoms with Gasteiger partial charge in [-0.15, -0.1) is 0 Å². The maximum Gasteiger partial charge on any atom is 0.142 e. The average Bonchev–Trinajstić information content (AvgIpc) is 2.06. The third-order valence-corrected chi connectivity index (χ3v) is 1.78. The standard InChI is InChI=1S/C8H8N2O/c11-8-5-10-3-6-1-2-9-4-7(6)8/h3-5,11H,1-2H2. The minimum absolute atomic E-state index is 0.228. The third kappa shape index (κ3) is 0.981. The molecule has 0 amide bonds. The number of aromatic hydroxyl groups is 1. The smallest absolute Gasteiger partial charge is 0.142 e. The SMILES string of the molecule is Oc1cncc2c1C=NCC2. The van der Waals surface area contributed by atoms with Crippen LogP contribution in [0.3, 0.4) is 0 Å². The van der Waals surface area contributed by atoms with E-state index in [2.05, 4.69) is 9.98 Å². The summed E-state index contributed by atoms with van der Waals surface area (Å²) in [6.07, 6.45) is 5.81. The third-order valence-electron chi connectivity index (χ3n) is 1.78. The lowest BCUT2D eigenvalue weighted by Crippen LogP contribution is -2.03. The largest absolute Gasteiger partial charge is 0.506 e. The number of aliphatic imine (C=N–C) groups is 1. The van der Waals surface area contributed by atoms with Gasteiger partial charge in [0.05, 0.1) is 6.20 Å². The van der Waals surface area contributed by atoms with E-state index in [9.17, 15) is 5.11 Å². The monoisotopic (exact) mass is 148 g/mol. The molecule has 0 bridgehead atoms. The highest BCUT2D eigenvalue weighted by atomic mass is 16.3. The molecule has 1 aromatic rings. The summed E-state index contributed by atoms with van der Waals surface area (Å²) in [6.45, 7) is 0.804. The highest BCUT2D eigenvalue weighted by molar-refractivity contribution is 5.85. The Morgan fingerprint density at radius 1 is 1.36 bits per heavy atom. The average molecular weight is 148 g/mol. The van der Waals surface area contributed by atoms with Crippen LogP contribution in [0, 0.1) is 0 Å². The summed E-state index contributed by atoms with van der Waals surface area (Å²) < 4.78 is 0. The molecule has 0 atom stereocenters. The molecular formula is C8H8N2O. The molecule has 0 spiro atoms. The molecule has 0 aromatic carbocycles.